The van der Waals surface area contributed by atoms with Crippen molar-refractivity contribution in [1.82, 2.24) is 10.6 Å². The molecule has 2 rings (SSSR count). The molecule has 106 valence electrons. The molecule has 1 fully saturated rings. The monoisotopic (exact) mass is 280 g/mol. The molecule has 0 aliphatic carbocycles. The van der Waals surface area contributed by atoms with Crippen molar-refractivity contribution in [1.29, 1.82) is 0 Å². The van der Waals surface area contributed by atoms with Crippen molar-refractivity contribution < 1.29 is 4.79 Å². The highest BCUT2D eigenvalue weighted by Gasteiger charge is 2.26. The van der Waals surface area contributed by atoms with Gasteiger partial charge in [-0.2, -0.15) is 0 Å². The molecular formula is C15H24N2OS. The van der Waals surface area contributed by atoms with Crippen LogP contribution >= 0.6 is 11.3 Å². The van der Waals surface area contributed by atoms with E-state index in [2.05, 4.69) is 43.5 Å². The van der Waals surface area contributed by atoms with Gasteiger partial charge in [-0.05, 0) is 51.3 Å². The Morgan fingerprint density at radius 1 is 1.58 bits per heavy atom. The van der Waals surface area contributed by atoms with Crippen molar-refractivity contribution in [3.63, 3.8) is 0 Å². The number of aryl methyl sites for hydroxylation is 1. The summed E-state index contributed by atoms with van der Waals surface area (Å²) in [6, 6.07) is 4.31. The fraction of sp³-hybridized carbons (Fsp3) is 0.667. The number of nitrogens with one attached hydrogen (secondary N) is 2. The summed E-state index contributed by atoms with van der Waals surface area (Å²) in [7, 11) is 0. The normalized spacial score (nSPS) is 25.0. The molecule has 0 radical (unpaired) electrons. The first-order chi connectivity index (χ1) is 9.10. The molecule has 1 aliphatic rings. The molecule has 0 spiro atoms. The first kappa shape index (κ1) is 14.5. The Hall–Kier alpha value is -0.870. The molecule has 3 nitrogen and oxygen atoms in total. The molecule has 3 atom stereocenters. The van der Waals surface area contributed by atoms with Gasteiger partial charge in [-0.25, -0.2) is 0 Å². The number of thiophene rings is 1. The molecule has 1 amide bonds. The van der Waals surface area contributed by atoms with Crippen molar-refractivity contribution in [3.05, 3.63) is 21.9 Å². The van der Waals surface area contributed by atoms with Gasteiger partial charge in [0.25, 0.3) is 0 Å². The van der Waals surface area contributed by atoms with Crippen LogP contribution in [0.25, 0.3) is 0 Å². The number of amides is 1. The first-order valence-corrected chi connectivity index (χ1v) is 8.02. The Bertz CT molecular complexity index is 430. The summed E-state index contributed by atoms with van der Waals surface area (Å²) in [4.78, 5) is 14.8. The van der Waals surface area contributed by atoms with Crippen molar-refractivity contribution in [3.8, 4) is 0 Å². The number of carbonyl (C=O) groups excluding carboxylic acids is 1. The van der Waals surface area contributed by atoms with Crippen LogP contribution in [0.2, 0.25) is 0 Å². The molecule has 0 aromatic carbocycles. The minimum absolute atomic E-state index is 0.0118. The quantitative estimate of drug-likeness (QED) is 0.890. The van der Waals surface area contributed by atoms with E-state index in [4.69, 9.17) is 0 Å². The topological polar surface area (TPSA) is 41.1 Å². The van der Waals surface area contributed by atoms with Crippen molar-refractivity contribution >= 4 is 17.2 Å². The van der Waals surface area contributed by atoms with Crippen LogP contribution in [0.15, 0.2) is 12.1 Å². The predicted molar refractivity (Wildman–Crippen MR) is 80.4 cm³/mol. The van der Waals surface area contributed by atoms with E-state index in [0.717, 1.165) is 13.0 Å². The van der Waals surface area contributed by atoms with E-state index in [-0.39, 0.29) is 18.0 Å². The average molecular weight is 280 g/mol. The number of carbonyl (C=O) groups is 1. The van der Waals surface area contributed by atoms with E-state index >= 15 is 0 Å². The highest BCUT2D eigenvalue weighted by atomic mass is 32.1. The van der Waals surface area contributed by atoms with Gasteiger partial charge in [0.2, 0.25) is 5.91 Å². The maximum atomic E-state index is 12.3. The van der Waals surface area contributed by atoms with E-state index in [0.29, 0.717) is 5.92 Å². The second-order valence-corrected chi connectivity index (χ2v) is 6.80. The molecule has 4 heteroatoms. The molecule has 2 N–H and O–H groups in total. The average Bonchev–Trinajstić information content (AvgIpc) is 2.85. The van der Waals surface area contributed by atoms with Crippen LogP contribution in [0, 0.1) is 12.8 Å². The third kappa shape index (κ3) is 3.80. The van der Waals surface area contributed by atoms with Gasteiger partial charge < -0.3 is 10.6 Å². The summed E-state index contributed by atoms with van der Waals surface area (Å²) in [6.07, 6.45) is 3.34. The molecule has 3 unspecified atom stereocenters. The zero-order chi connectivity index (χ0) is 13.8. The van der Waals surface area contributed by atoms with Gasteiger partial charge >= 0.3 is 0 Å². The summed E-state index contributed by atoms with van der Waals surface area (Å²) >= 11 is 1.75. The number of piperidine rings is 1. The Labute approximate surface area is 119 Å². The first-order valence-electron chi connectivity index (χ1n) is 7.20. The van der Waals surface area contributed by atoms with Gasteiger partial charge in [0.1, 0.15) is 0 Å². The lowest BCUT2D eigenvalue weighted by Gasteiger charge is -2.29. The lowest BCUT2D eigenvalue weighted by Crippen LogP contribution is -2.49. The molecule has 0 bridgehead atoms. The lowest BCUT2D eigenvalue weighted by atomic mass is 9.90. The molecule has 1 aromatic rings. The maximum absolute atomic E-state index is 12.3. The molecule has 0 saturated carbocycles. The maximum Gasteiger partial charge on any atom is 0.237 e. The van der Waals surface area contributed by atoms with Crippen LogP contribution in [0.1, 0.15) is 48.9 Å². The fourth-order valence-electron chi connectivity index (χ4n) is 2.64. The van der Waals surface area contributed by atoms with Crippen molar-refractivity contribution in [2.45, 2.75) is 52.1 Å². The number of rotatable bonds is 4. The summed E-state index contributed by atoms with van der Waals surface area (Å²) in [6.45, 7) is 7.33. The Morgan fingerprint density at radius 3 is 3.00 bits per heavy atom. The van der Waals surface area contributed by atoms with Gasteiger partial charge in [-0.1, -0.05) is 13.3 Å². The van der Waals surface area contributed by atoms with E-state index in [1.807, 2.05) is 0 Å². The lowest BCUT2D eigenvalue weighted by molar-refractivity contribution is -0.124. The van der Waals surface area contributed by atoms with Crippen LogP contribution in [-0.2, 0) is 4.79 Å². The zero-order valence-electron chi connectivity index (χ0n) is 12.0. The Morgan fingerprint density at radius 2 is 2.37 bits per heavy atom. The van der Waals surface area contributed by atoms with Crippen LogP contribution in [-0.4, -0.2) is 18.5 Å². The van der Waals surface area contributed by atoms with Gasteiger partial charge in [0, 0.05) is 9.75 Å². The van der Waals surface area contributed by atoms with Crippen LogP contribution in [0.4, 0.5) is 0 Å². The molecular weight excluding hydrogens is 256 g/mol. The molecule has 1 aromatic heterocycles. The molecule has 2 heterocycles. The minimum Gasteiger partial charge on any atom is -0.347 e. The molecule has 1 aliphatic heterocycles. The highest BCUT2D eigenvalue weighted by molar-refractivity contribution is 7.12. The van der Waals surface area contributed by atoms with Gasteiger partial charge in [0.05, 0.1) is 12.1 Å². The minimum atomic E-state index is -0.0118. The summed E-state index contributed by atoms with van der Waals surface area (Å²) in [5, 5.41) is 6.47. The molecule has 19 heavy (non-hydrogen) atoms. The third-order valence-electron chi connectivity index (χ3n) is 3.95. The third-order valence-corrected chi connectivity index (χ3v) is 5.14. The van der Waals surface area contributed by atoms with E-state index in [9.17, 15) is 4.79 Å². The van der Waals surface area contributed by atoms with Gasteiger partial charge in [0.15, 0.2) is 0 Å². The predicted octanol–water partition coefficient (Wildman–Crippen LogP) is 3.01. The van der Waals surface area contributed by atoms with E-state index in [1.165, 1.54) is 22.6 Å². The standard InChI is InChI=1S/C15H24N2OS/c1-4-12-7-8-16-13(9-12)15(18)17-11(3)14-6-5-10(2)19-14/h5-6,11-13,16H,4,7-9H2,1-3H3,(H,17,18). The van der Waals surface area contributed by atoms with Gasteiger partial charge in [-0.15, -0.1) is 11.3 Å². The van der Waals surface area contributed by atoms with Gasteiger partial charge in [-0.3, -0.25) is 4.79 Å². The Kier molecular flexibility index (Phi) is 4.99. The number of hydrogen-bond donors (Lipinski definition) is 2. The van der Waals surface area contributed by atoms with Crippen LogP contribution < -0.4 is 10.6 Å². The second-order valence-electron chi connectivity index (χ2n) is 5.48. The zero-order valence-corrected chi connectivity index (χ0v) is 12.8. The van der Waals surface area contributed by atoms with Crippen molar-refractivity contribution in [2.24, 2.45) is 5.92 Å². The van der Waals surface area contributed by atoms with E-state index < -0.39 is 0 Å². The Balaban J connectivity index is 1.89. The van der Waals surface area contributed by atoms with E-state index in [1.54, 1.807) is 11.3 Å². The second kappa shape index (κ2) is 6.53. The SMILES string of the molecule is CCC1CCNC(C(=O)NC(C)c2ccc(C)s2)C1. The number of hydrogen-bond acceptors (Lipinski definition) is 3. The summed E-state index contributed by atoms with van der Waals surface area (Å²) in [5.74, 6) is 0.841. The summed E-state index contributed by atoms with van der Waals surface area (Å²) in [5.41, 5.74) is 0. The highest BCUT2D eigenvalue weighted by Crippen LogP contribution is 2.23. The largest absolute Gasteiger partial charge is 0.347 e. The van der Waals surface area contributed by atoms with Crippen LogP contribution in [0.3, 0.4) is 0 Å². The van der Waals surface area contributed by atoms with Crippen LogP contribution in [0.5, 0.6) is 0 Å². The molecule has 1 saturated heterocycles. The van der Waals surface area contributed by atoms with Crippen molar-refractivity contribution in [2.75, 3.05) is 6.54 Å². The smallest absolute Gasteiger partial charge is 0.237 e. The fourth-order valence-corrected chi connectivity index (χ4v) is 3.52. The summed E-state index contributed by atoms with van der Waals surface area (Å²) < 4.78 is 0.